The lowest BCUT2D eigenvalue weighted by Crippen LogP contribution is -2.33. The van der Waals surface area contributed by atoms with E-state index in [0.29, 0.717) is 19.0 Å². The quantitative estimate of drug-likeness (QED) is 0.858. The van der Waals surface area contributed by atoms with Crippen molar-refractivity contribution in [1.82, 2.24) is 4.31 Å². The molecule has 3 unspecified atom stereocenters. The Balaban J connectivity index is 1.85. The molecule has 0 bridgehead atoms. The van der Waals surface area contributed by atoms with Crippen LogP contribution in [0.3, 0.4) is 0 Å². The summed E-state index contributed by atoms with van der Waals surface area (Å²) in [6.45, 7) is 0.969. The SMILES string of the molecule is CS(=O)(=O)c1ccc(S(=O)(=O)N2CC3CCC(N)C3C2)cc1. The van der Waals surface area contributed by atoms with Crippen LogP contribution in [0.4, 0.5) is 0 Å². The predicted octanol–water partition coefficient (Wildman–Crippen LogP) is 0.448. The van der Waals surface area contributed by atoms with E-state index < -0.39 is 19.9 Å². The minimum Gasteiger partial charge on any atom is -0.327 e. The number of hydrogen-bond acceptors (Lipinski definition) is 5. The predicted molar refractivity (Wildman–Crippen MR) is 82.5 cm³/mol. The Labute approximate surface area is 131 Å². The van der Waals surface area contributed by atoms with Gasteiger partial charge in [0.05, 0.1) is 9.79 Å². The Bertz CT molecular complexity index is 772. The van der Waals surface area contributed by atoms with Crippen molar-refractivity contribution in [1.29, 1.82) is 0 Å². The molecular weight excluding hydrogens is 324 g/mol. The molecule has 1 saturated carbocycles. The fraction of sp³-hybridized carbons (Fsp3) is 0.571. The Morgan fingerprint density at radius 1 is 1.00 bits per heavy atom. The van der Waals surface area contributed by atoms with Crippen LogP contribution in [0.15, 0.2) is 34.1 Å². The van der Waals surface area contributed by atoms with Crippen molar-refractivity contribution in [3.05, 3.63) is 24.3 Å². The van der Waals surface area contributed by atoms with Crippen molar-refractivity contribution in [2.45, 2.75) is 28.7 Å². The smallest absolute Gasteiger partial charge is 0.243 e. The number of sulfone groups is 1. The zero-order valence-electron chi connectivity index (χ0n) is 12.3. The minimum absolute atomic E-state index is 0.0813. The summed E-state index contributed by atoms with van der Waals surface area (Å²) >= 11 is 0. The number of benzene rings is 1. The number of hydrogen-bond donors (Lipinski definition) is 1. The maximum atomic E-state index is 12.7. The molecule has 0 radical (unpaired) electrons. The van der Waals surface area contributed by atoms with Crippen molar-refractivity contribution < 1.29 is 16.8 Å². The van der Waals surface area contributed by atoms with Gasteiger partial charge in [-0.25, -0.2) is 16.8 Å². The van der Waals surface area contributed by atoms with Gasteiger partial charge in [-0.1, -0.05) is 0 Å². The second-order valence-corrected chi connectivity index (χ2v) is 10.2. The zero-order valence-corrected chi connectivity index (χ0v) is 14.0. The van der Waals surface area contributed by atoms with E-state index in [0.717, 1.165) is 19.1 Å². The van der Waals surface area contributed by atoms with Gasteiger partial charge in [0.15, 0.2) is 9.84 Å². The van der Waals surface area contributed by atoms with Crippen LogP contribution >= 0.6 is 0 Å². The Kier molecular flexibility index (Phi) is 3.83. The number of nitrogens with two attached hydrogens (primary N) is 1. The summed E-state index contributed by atoms with van der Waals surface area (Å²) in [5.41, 5.74) is 6.04. The maximum absolute atomic E-state index is 12.7. The number of fused-ring (bicyclic) bond motifs is 1. The van der Waals surface area contributed by atoms with Gasteiger partial charge in [-0.15, -0.1) is 0 Å². The molecule has 2 N–H and O–H groups in total. The van der Waals surface area contributed by atoms with Crippen LogP contribution in [-0.2, 0) is 19.9 Å². The zero-order chi connectivity index (χ0) is 16.1. The van der Waals surface area contributed by atoms with E-state index >= 15 is 0 Å². The van der Waals surface area contributed by atoms with Gasteiger partial charge in [-0.05, 0) is 48.9 Å². The normalized spacial score (nSPS) is 29.6. The molecule has 1 aromatic rings. The van der Waals surface area contributed by atoms with Crippen LogP contribution in [0.5, 0.6) is 0 Å². The van der Waals surface area contributed by atoms with Gasteiger partial charge in [-0.2, -0.15) is 4.31 Å². The molecule has 1 heterocycles. The summed E-state index contributed by atoms with van der Waals surface area (Å²) in [6, 6.07) is 5.48. The van der Waals surface area contributed by atoms with E-state index in [2.05, 4.69) is 0 Å². The molecule has 0 aromatic heterocycles. The van der Waals surface area contributed by atoms with E-state index in [1.165, 1.54) is 28.6 Å². The third-order valence-electron chi connectivity index (χ3n) is 4.77. The van der Waals surface area contributed by atoms with Gasteiger partial charge in [0.25, 0.3) is 0 Å². The van der Waals surface area contributed by atoms with Gasteiger partial charge in [-0.3, -0.25) is 0 Å². The Morgan fingerprint density at radius 2 is 1.59 bits per heavy atom. The molecule has 1 aliphatic carbocycles. The highest BCUT2D eigenvalue weighted by atomic mass is 32.2. The van der Waals surface area contributed by atoms with Gasteiger partial charge in [0.1, 0.15) is 0 Å². The Morgan fingerprint density at radius 3 is 2.14 bits per heavy atom. The molecule has 8 heteroatoms. The van der Waals surface area contributed by atoms with E-state index in [1.807, 2.05) is 0 Å². The van der Waals surface area contributed by atoms with Crippen molar-refractivity contribution in [2.75, 3.05) is 19.3 Å². The molecule has 2 aliphatic rings. The third kappa shape index (κ3) is 2.68. The van der Waals surface area contributed by atoms with Crippen molar-refractivity contribution in [3.8, 4) is 0 Å². The lowest BCUT2D eigenvalue weighted by atomic mass is 9.98. The van der Waals surface area contributed by atoms with Crippen LogP contribution < -0.4 is 5.73 Å². The van der Waals surface area contributed by atoms with Crippen molar-refractivity contribution in [3.63, 3.8) is 0 Å². The van der Waals surface area contributed by atoms with E-state index in [9.17, 15) is 16.8 Å². The highest BCUT2D eigenvalue weighted by Crippen LogP contribution is 2.39. The summed E-state index contributed by atoms with van der Waals surface area (Å²) < 4.78 is 49.7. The second kappa shape index (κ2) is 5.30. The van der Waals surface area contributed by atoms with Crippen molar-refractivity contribution in [2.24, 2.45) is 17.6 Å². The molecule has 122 valence electrons. The monoisotopic (exact) mass is 344 g/mol. The molecule has 1 saturated heterocycles. The van der Waals surface area contributed by atoms with E-state index in [4.69, 9.17) is 5.73 Å². The lowest BCUT2D eigenvalue weighted by Gasteiger charge is -2.18. The van der Waals surface area contributed by atoms with Gasteiger partial charge >= 0.3 is 0 Å². The molecule has 0 amide bonds. The van der Waals surface area contributed by atoms with Gasteiger partial charge < -0.3 is 5.73 Å². The number of nitrogens with zero attached hydrogens (tertiary/aromatic N) is 1. The van der Waals surface area contributed by atoms with Gasteiger partial charge in [0, 0.05) is 25.4 Å². The first kappa shape index (κ1) is 15.9. The van der Waals surface area contributed by atoms with Crippen LogP contribution in [0.1, 0.15) is 12.8 Å². The molecule has 22 heavy (non-hydrogen) atoms. The van der Waals surface area contributed by atoms with Crippen LogP contribution in [0.25, 0.3) is 0 Å². The highest BCUT2D eigenvalue weighted by Gasteiger charge is 2.45. The van der Waals surface area contributed by atoms with E-state index in [1.54, 1.807) is 0 Å². The first-order chi connectivity index (χ1) is 10.2. The third-order valence-corrected chi connectivity index (χ3v) is 7.74. The van der Waals surface area contributed by atoms with E-state index in [-0.39, 0.29) is 21.8 Å². The molecule has 2 fully saturated rings. The molecule has 3 atom stereocenters. The summed E-state index contributed by atoms with van der Waals surface area (Å²) in [7, 11) is -6.91. The van der Waals surface area contributed by atoms with Gasteiger partial charge in [0.2, 0.25) is 10.0 Å². The molecule has 6 nitrogen and oxygen atoms in total. The molecule has 0 spiro atoms. The topological polar surface area (TPSA) is 97.5 Å². The summed E-state index contributed by atoms with van der Waals surface area (Å²) in [6.07, 6.45) is 3.04. The largest absolute Gasteiger partial charge is 0.327 e. The number of sulfonamides is 1. The summed E-state index contributed by atoms with van der Waals surface area (Å²) in [5, 5.41) is 0. The summed E-state index contributed by atoms with van der Waals surface area (Å²) in [4.78, 5) is 0.250. The highest BCUT2D eigenvalue weighted by molar-refractivity contribution is 7.90. The number of rotatable bonds is 3. The average Bonchev–Trinajstić information content (AvgIpc) is 3.01. The van der Waals surface area contributed by atoms with Crippen LogP contribution in [-0.4, -0.2) is 46.5 Å². The maximum Gasteiger partial charge on any atom is 0.243 e. The second-order valence-electron chi connectivity index (χ2n) is 6.23. The van der Waals surface area contributed by atoms with Crippen LogP contribution in [0, 0.1) is 11.8 Å². The van der Waals surface area contributed by atoms with Crippen LogP contribution in [0.2, 0.25) is 0 Å². The van der Waals surface area contributed by atoms with Crippen molar-refractivity contribution >= 4 is 19.9 Å². The first-order valence-electron chi connectivity index (χ1n) is 7.25. The minimum atomic E-state index is -3.58. The molecule has 1 aromatic carbocycles. The fourth-order valence-electron chi connectivity index (χ4n) is 3.47. The fourth-order valence-corrected chi connectivity index (χ4v) is 5.64. The average molecular weight is 344 g/mol. The lowest BCUT2D eigenvalue weighted by molar-refractivity contribution is 0.427. The summed E-state index contributed by atoms with van der Waals surface area (Å²) in [5.74, 6) is 0.588. The Hall–Kier alpha value is -0.960. The first-order valence-corrected chi connectivity index (χ1v) is 10.6. The molecular formula is C14H20N2O4S2. The molecule has 3 rings (SSSR count). The standard InChI is InChI=1S/C14H20N2O4S2/c1-21(17,18)11-3-5-12(6-4-11)22(19,20)16-8-10-2-7-14(15)13(10)9-16/h3-6,10,13-14H,2,7-9,15H2,1H3. The molecule has 1 aliphatic heterocycles.